The number of aromatic hydroxyl groups is 1. The van der Waals surface area contributed by atoms with Crippen LogP contribution in [-0.4, -0.2) is 54.2 Å². The number of benzene rings is 1. The van der Waals surface area contributed by atoms with Crippen molar-refractivity contribution in [3.8, 4) is 11.5 Å². The molecule has 1 aromatic carbocycles. The number of phenols is 1. The number of piperidine rings is 1. The predicted molar refractivity (Wildman–Crippen MR) is 117 cm³/mol. The largest absolute Gasteiger partial charge is 0.504 e. The summed E-state index contributed by atoms with van der Waals surface area (Å²) in [6.45, 7) is 5.99. The highest BCUT2D eigenvalue weighted by atomic mass is 16.5. The lowest BCUT2D eigenvalue weighted by molar-refractivity contribution is -0.176. The Morgan fingerprint density at radius 2 is 2.19 bits per heavy atom. The molecule has 3 fully saturated rings. The molecule has 5 aliphatic rings. The van der Waals surface area contributed by atoms with E-state index in [2.05, 4.69) is 30.0 Å². The molecule has 5 nitrogen and oxygen atoms in total. The first-order valence-corrected chi connectivity index (χ1v) is 11.9. The van der Waals surface area contributed by atoms with Gasteiger partial charge in [-0.25, -0.2) is 0 Å². The average molecular weight is 424 g/mol. The molecule has 1 N–H and O–H groups in total. The van der Waals surface area contributed by atoms with Gasteiger partial charge in [0, 0.05) is 36.6 Å². The maximum atomic E-state index is 12.9. The third-order valence-corrected chi connectivity index (χ3v) is 9.17. The van der Waals surface area contributed by atoms with Crippen molar-refractivity contribution in [3.63, 3.8) is 0 Å². The van der Waals surface area contributed by atoms with Crippen molar-refractivity contribution < 1.29 is 19.4 Å². The summed E-state index contributed by atoms with van der Waals surface area (Å²) in [5, 5.41) is 10.8. The van der Waals surface area contributed by atoms with Crippen LogP contribution in [0.4, 0.5) is 0 Å². The monoisotopic (exact) mass is 423 g/mol. The molecule has 0 amide bonds. The summed E-state index contributed by atoms with van der Waals surface area (Å²) in [7, 11) is 1.70. The average Bonchev–Trinajstić information content (AvgIpc) is 3.49. The van der Waals surface area contributed by atoms with Gasteiger partial charge in [0.25, 0.3) is 0 Å². The highest BCUT2D eigenvalue weighted by molar-refractivity contribution is 5.80. The molecule has 1 aromatic rings. The van der Waals surface area contributed by atoms with E-state index >= 15 is 0 Å². The smallest absolute Gasteiger partial charge is 0.165 e. The van der Waals surface area contributed by atoms with Gasteiger partial charge in [0.2, 0.25) is 0 Å². The maximum absolute atomic E-state index is 12.9. The van der Waals surface area contributed by atoms with E-state index in [9.17, 15) is 9.90 Å². The molecule has 3 aliphatic carbocycles. The first-order valence-electron chi connectivity index (χ1n) is 11.9. The van der Waals surface area contributed by atoms with Crippen molar-refractivity contribution in [2.24, 2.45) is 17.3 Å². The first-order chi connectivity index (χ1) is 15.0. The van der Waals surface area contributed by atoms with E-state index in [0.29, 0.717) is 11.8 Å². The number of phenolic OH excluding ortho intramolecular Hbond substituents is 1. The molecule has 0 radical (unpaired) electrons. The van der Waals surface area contributed by atoms with Gasteiger partial charge in [-0.3, -0.25) is 9.69 Å². The summed E-state index contributed by atoms with van der Waals surface area (Å²) in [5.74, 6) is 1.64. The van der Waals surface area contributed by atoms with E-state index in [1.54, 1.807) is 20.1 Å². The molecule has 2 bridgehead atoms. The van der Waals surface area contributed by atoms with Crippen LogP contribution in [0.1, 0.15) is 50.7 Å². The second-order valence-electron chi connectivity index (χ2n) is 10.5. The molecule has 5 heteroatoms. The summed E-state index contributed by atoms with van der Waals surface area (Å²) in [6, 6.07) is 4.23. The molecule has 6 atom stereocenters. The Labute approximate surface area is 184 Å². The second kappa shape index (κ2) is 6.58. The predicted octanol–water partition coefficient (Wildman–Crippen LogP) is 3.62. The topological polar surface area (TPSA) is 59.0 Å². The molecule has 6 rings (SSSR count). The highest BCUT2D eigenvalue weighted by Gasteiger charge is 2.74. The van der Waals surface area contributed by atoms with Gasteiger partial charge >= 0.3 is 0 Å². The number of nitrogens with zero attached hydrogens (tertiary/aromatic N) is 1. The number of hydrogen-bond donors (Lipinski definition) is 1. The fraction of sp³-hybridized carbons (Fsp3) is 0.654. The third-order valence-electron chi connectivity index (χ3n) is 9.17. The summed E-state index contributed by atoms with van der Waals surface area (Å²) < 4.78 is 12.6. The number of allylic oxidation sites excluding steroid dienone is 1. The number of ether oxygens (including phenoxy) is 2. The van der Waals surface area contributed by atoms with Gasteiger partial charge in [0.1, 0.15) is 18.0 Å². The number of methoxy groups -OCH3 is 1. The number of likely N-dealkylation sites (tertiary alicyclic amines) is 1. The Bertz CT molecular complexity index is 968. The quantitative estimate of drug-likeness (QED) is 0.733. The Morgan fingerprint density at radius 3 is 2.87 bits per heavy atom. The summed E-state index contributed by atoms with van der Waals surface area (Å²) in [6.07, 6.45) is 9.40. The molecule has 1 unspecified atom stereocenters. The van der Waals surface area contributed by atoms with Crippen molar-refractivity contribution in [3.05, 3.63) is 35.4 Å². The third kappa shape index (κ3) is 2.37. The maximum Gasteiger partial charge on any atom is 0.165 e. The van der Waals surface area contributed by atoms with Gasteiger partial charge in [-0.05, 0) is 70.0 Å². The molecule has 1 spiro atoms. The van der Waals surface area contributed by atoms with E-state index in [1.807, 2.05) is 0 Å². The number of rotatable bonds is 5. The van der Waals surface area contributed by atoms with E-state index in [1.165, 1.54) is 24.0 Å². The molecular weight excluding hydrogens is 390 g/mol. The normalized spacial score (nSPS) is 40.6. The summed E-state index contributed by atoms with van der Waals surface area (Å²) >= 11 is 0. The van der Waals surface area contributed by atoms with Crippen LogP contribution >= 0.6 is 0 Å². The van der Waals surface area contributed by atoms with Crippen LogP contribution in [0, 0.1) is 17.3 Å². The zero-order valence-electron chi connectivity index (χ0n) is 18.8. The zero-order valence-corrected chi connectivity index (χ0v) is 18.8. The van der Waals surface area contributed by atoms with Gasteiger partial charge in [0.15, 0.2) is 11.5 Å². The minimum atomic E-state index is -0.302. The lowest BCUT2D eigenvalue weighted by atomic mass is 9.41. The standard InChI is InChI=1S/C26H33NO4/c1-4-9-25-13-18(15(2)28)22(30-3)24-26(25)10-11-27(14-16-5-6-16)20(25)12-17-7-8-19(29)23(31-24)21(17)26/h4,7-9,16,18,20,22,24,29H,5-6,10-14H2,1-3H3/b9-4+/t18-,20-,22?,24+,25-,26+/m1/s1. The van der Waals surface area contributed by atoms with Gasteiger partial charge in [-0.2, -0.15) is 0 Å². The molecule has 2 aliphatic heterocycles. The van der Waals surface area contributed by atoms with E-state index in [-0.39, 0.29) is 40.5 Å². The van der Waals surface area contributed by atoms with Crippen molar-refractivity contribution >= 4 is 5.78 Å². The van der Waals surface area contributed by atoms with Crippen molar-refractivity contribution in [1.29, 1.82) is 0 Å². The number of hydrogen-bond acceptors (Lipinski definition) is 5. The number of ketones is 1. The zero-order chi connectivity index (χ0) is 21.5. The fourth-order valence-electron chi connectivity index (χ4n) is 7.87. The van der Waals surface area contributed by atoms with Crippen LogP contribution in [0.25, 0.3) is 0 Å². The Balaban J connectivity index is 1.62. The Kier molecular flexibility index (Phi) is 4.21. The Hall–Kier alpha value is -1.85. The Morgan fingerprint density at radius 1 is 1.39 bits per heavy atom. The molecule has 166 valence electrons. The minimum Gasteiger partial charge on any atom is -0.504 e. The SMILES string of the molecule is C/C=C/[C@]12C[C@H](C(C)=O)C(OC)[C@@H]3Oc4c(O)ccc5c4[C@@]31CCN(CC1CC1)[C@@H]2C5. The fourth-order valence-corrected chi connectivity index (χ4v) is 7.87. The molecule has 2 heterocycles. The molecule has 31 heavy (non-hydrogen) atoms. The van der Waals surface area contributed by atoms with Crippen LogP contribution in [-0.2, 0) is 21.4 Å². The summed E-state index contributed by atoms with van der Waals surface area (Å²) in [4.78, 5) is 15.6. The highest BCUT2D eigenvalue weighted by Crippen LogP contribution is 2.70. The molecule has 2 saturated carbocycles. The number of Topliss-reactive ketones (excluding diaryl/α,β-unsaturated/α-hetero) is 1. The van der Waals surface area contributed by atoms with Crippen LogP contribution < -0.4 is 4.74 Å². The van der Waals surface area contributed by atoms with E-state index in [0.717, 1.165) is 38.3 Å². The molecule has 0 aromatic heterocycles. The van der Waals surface area contributed by atoms with E-state index in [4.69, 9.17) is 9.47 Å². The van der Waals surface area contributed by atoms with Crippen LogP contribution in [0.3, 0.4) is 0 Å². The van der Waals surface area contributed by atoms with E-state index < -0.39 is 0 Å². The van der Waals surface area contributed by atoms with Crippen molar-refractivity contribution in [1.82, 2.24) is 4.90 Å². The van der Waals surface area contributed by atoms with Crippen molar-refractivity contribution in [2.75, 3.05) is 20.2 Å². The van der Waals surface area contributed by atoms with Crippen LogP contribution in [0.15, 0.2) is 24.3 Å². The minimum absolute atomic E-state index is 0.173. The second-order valence-corrected chi connectivity index (χ2v) is 10.5. The van der Waals surface area contributed by atoms with Crippen LogP contribution in [0.5, 0.6) is 11.5 Å². The first kappa shape index (κ1) is 19.8. The lowest BCUT2D eigenvalue weighted by Crippen LogP contribution is -2.74. The molecule has 1 saturated heterocycles. The van der Waals surface area contributed by atoms with Crippen molar-refractivity contribution in [2.45, 2.75) is 69.6 Å². The van der Waals surface area contributed by atoms with Gasteiger partial charge < -0.3 is 14.6 Å². The lowest BCUT2D eigenvalue weighted by Gasteiger charge is -2.67. The number of carbonyl (C=O) groups excluding carboxylic acids is 1. The van der Waals surface area contributed by atoms with Gasteiger partial charge in [0.05, 0.1) is 5.41 Å². The number of carbonyl (C=O) groups is 1. The van der Waals surface area contributed by atoms with Gasteiger partial charge in [-0.15, -0.1) is 0 Å². The van der Waals surface area contributed by atoms with Gasteiger partial charge in [-0.1, -0.05) is 18.2 Å². The summed E-state index contributed by atoms with van der Waals surface area (Å²) in [5.41, 5.74) is 2.04. The molecular formula is C26H33NO4. The van der Waals surface area contributed by atoms with Crippen LogP contribution in [0.2, 0.25) is 0 Å².